The molecule has 0 radical (unpaired) electrons. The van der Waals surface area contributed by atoms with E-state index in [0.717, 1.165) is 17.1 Å². The zero-order chi connectivity index (χ0) is 11.4. The summed E-state index contributed by atoms with van der Waals surface area (Å²) in [7, 11) is 0. The second-order valence-corrected chi connectivity index (χ2v) is 3.13. The largest absolute Gasteiger partial charge is 0.298 e. The Morgan fingerprint density at radius 3 is 2.69 bits per heavy atom. The zero-order valence-corrected chi connectivity index (χ0v) is 8.29. The number of benzene rings is 2. The lowest BCUT2D eigenvalue weighted by molar-refractivity contribution is 0.112. The van der Waals surface area contributed by atoms with Gasteiger partial charge in [0.2, 0.25) is 0 Å². The van der Waals surface area contributed by atoms with Gasteiger partial charge in [-0.3, -0.25) is 4.79 Å². The molecule has 5 heteroatoms. The number of hydrogen-bond donors (Lipinski definition) is 1. The molecule has 0 amide bonds. The number of nitrogens with zero attached hydrogens (tertiary/aromatic N) is 3. The number of nitrogens with one attached hydrogen (secondary N) is 1. The zero-order valence-electron chi connectivity index (χ0n) is 8.29. The van der Waals surface area contributed by atoms with Gasteiger partial charge in [0.05, 0.1) is 5.69 Å². The molecule has 0 atom stereocenters. The van der Waals surface area contributed by atoms with Crippen LogP contribution in [0.15, 0.2) is 52.0 Å². The second kappa shape index (κ2) is 4.39. The molecule has 0 bridgehead atoms. The SMILES string of the molecule is N=NN=Nc1ccc2ccccc2c1C=O. The molecule has 0 saturated heterocycles. The van der Waals surface area contributed by atoms with Gasteiger partial charge in [0.25, 0.3) is 0 Å². The van der Waals surface area contributed by atoms with Gasteiger partial charge in [0.1, 0.15) is 0 Å². The molecule has 0 aromatic heterocycles. The molecular weight excluding hydrogens is 204 g/mol. The fraction of sp³-hybridized carbons (Fsp3) is 0. The first-order chi connectivity index (χ1) is 7.86. The fourth-order valence-corrected chi connectivity index (χ4v) is 1.57. The van der Waals surface area contributed by atoms with Gasteiger partial charge in [-0.05, 0) is 27.3 Å². The summed E-state index contributed by atoms with van der Waals surface area (Å²) in [5, 5.41) is 11.5. The molecule has 0 fully saturated rings. The van der Waals surface area contributed by atoms with Gasteiger partial charge in [-0.2, -0.15) is 5.53 Å². The van der Waals surface area contributed by atoms with E-state index in [1.807, 2.05) is 30.3 Å². The van der Waals surface area contributed by atoms with Gasteiger partial charge in [-0.15, -0.1) is 5.11 Å². The standard InChI is InChI=1S/C11H8N4O/c12-14-15-13-11-6-5-8-3-1-2-4-9(8)10(11)7-16/h1-7,12H. The average molecular weight is 212 g/mol. The predicted molar refractivity (Wildman–Crippen MR) is 59.0 cm³/mol. The molecule has 2 rings (SSSR count). The Kier molecular flexibility index (Phi) is 2.77. The van der Waals surface area contributed by atoms with Crippen molar-refractivity contribution in [1.29, 1.82) is 5.53 Å². The van der Waals surface area contributed by atoms with Gasteiger partial charge >= 0.3 is 0 Å². The molecule has 1 N–H and O–H groups in total. The molecule has 0 aliphatic carbocycles. The van der Waals surface area contributed by atoms with Gasteiger partial charge in [0.15, 0.2) is 6.29 Å². The second-order valence-electron chi connectivity index (χ2n) is 3.13. The molecule has 0 spiro atoms. The predicted octanol–water partition coefficient (Wildman–Crippen LogP) is 3.68. The summed E-state index contributed by atoms with van der Waals surface area (Å²) in [6.45, 7) is 0. The highest BCUT2D eigenvalue weighted by Gasteiger charge is 2.05. The Hall–Kier alpha value is -2.43. The molecule has 78 valence electrons. The Morgan fingerprint density at radius 1 is 1.12 bits per heavy atom. The smallest absolute Gasteiger partial charge is 0.152 e. The topological polar surface area (TPSA) is 78.0 Å². The lowest BCUT2D eigenvalue weighted by atomic mass is 10.0. The Labute approximate surface area is 91.3 Å². The summed E-state index contributed by atoms with van der Waals surface area (Å²) in [6, 6.07) is 11.0. The van der Waals surface area contributed by atoms with E-state index in [4.69, 9.17) is 5.53 Å². The number of aldehydes is 1. The van der Waals surface area contributed by atoms with Crippen molar-refractivity contribution < 1.29 is 4.79 Å². The van der Waals surface area contributed by atoms with E-state index in [1.54, 1.807) is 6.07 Å². The van der Waals surface area contributed by atoms with Crippen molar-refractivity contribution in [2.24, 2.45) is 15.6 Å². The van der Waals surface area contributed by atoms with Crippen LogP contribution in [0.4, 0.5) is 5.69 Å². The molecule has 0 saturated carbocycles. The summed E-state index contributed by atoms with van der Waals surface area (Å²) < 4.78 is 0. The molecule has 0 heterocycles. The fourth-order valence-electron chi connectivity index (χ4n) is 1.57. The Balaban J connectivity index is 2.72. The van der Waals surface area contributed by atoms with Crippen LogP contribution in [0, 0.1) is 5.53 Å². The van der Waals surface area contributed by atoms with Crippen LogP contribution in [-0.4, -0.2) is 6.29 Å². The monoisotopic (exact) mass is 212 g/mol. The molecule has 0 aliphatic heterocycles. The number of fused-ring (bicyclic) bond motifs is 1. The van der Waals surface area contributed by atoms with E-state index >= 15 is 0 Å². The van der Waals surface area contributed by atoms with Crippen molar-refractivity contribution >= 4 is 22.7 Å². The van der Waals surface area contributed by atoms with E-state index in [2.05, 4.69) is 15.6 Å². The normalized spacial score (nSPS) is 10.8. The average Bonchev–Trinajstić information content (AvgIpc) is 2.35. The summed E-state index contributed by atoms with van der Waals surface area (Å²) in [5.74, 6) is 0. The van der Waals surface area contributed by atoms with Crippen molar-refractivity contribution in [1.82, 2.24) is 0 Å². The molecule has 2 aromatic rings. The van der Waals surface area contributed by atoms with E-state index in [0.29, 0.717) is 11.3 Å². The van der Waals surface area contributed by atoms with Crippen molar-refractivity contribution in [2.75, 3.05) is 0 Å². The molecule has 5 nitrogen and oxygen atoms in total. The van der Waals surface area contributed by atoms with Crippen molar-refractivity contribution in [3.8, 4) is 0 Å². The van der Waals surface area contributed by atoms with Crippen molar-refractivity contribution in [3.63, 3.8) is 0 Å². The lowest BCUT2D eigenvalue weighted by Gasteiger charge is -2.02. The summed E-state index contributed by atoms with van der Waals surface area (Å²) in [6.07, 6.45) is 0.737. The summed E-state index contributed by atoms with van der Waals surface area (Å²) in [5.41, 5.74) is 7.40. The summed E-state index contributed by atoms with van der Waals surface area (Å²) in [4.78, 5) is 11.0. The minimum absolute atomic E-state index is 0.421. The van der Waals surface area contributed by atoms with Gasteiger partial charge < -0.3 is 0 Å². The van der Waals surface area contributed by atoms with Crippen LogP contribution >= 0.6 is 0 Å². The van der Waals surface area contributed by atoms with E-state index in [-0.39, 0.29) is 0 Å². The van der Waals surface area contributed by atoms with Crippen LogP contribution in [-0.2, 0) is 0 Å². The molecular formula is C11H8N4O. The quantitative estimate of drug-likeness (QED) is 0.470. The third-order valence-electron chi connectivity index (χ3n) is 2.26. The molecule has 2 aromatic carbocycles. The minimum atomic E-state index is 0.421. The number of carbonyl (C=O) groups excluding carboxylic acids is 1. The van der Waals surface area contributed by atoms with Crippen LogP contribution in [0.25, 0.3) is 10.8 Å². The molecule has 16 heavy (non-hydrogen) atoms. The van der Waals surface area contributed by atoms with E-state index in [9.17, 15) is 4.79 Å². The molecule has 0 aliphatic rings. The van der Waals surface area contributed by atoms with E-state index < -0.39 is 0 Å². The minimum Gasteiger partial charge on any atom is -0.298 e. The first-order valence-electron chi connectivity index (χ1n) is 4.61. The third kappa shape index (κ3) is 1.70. The first-order valence-corrected chi connectivity index (χ1v) is 4.61. The summed E-state index contributed by atoms with van der Waals surface area (Å²) >= 11 is 0. The van der Waals surface area contributed by atoms with Crippen molar-refractivity contribution in [3.05, 3.63) is 42.0 Å². The van der Waals surface area contributed by atoms with Crippen LogP contribution in [0.5, 0.6) is 0 Å². The first kappa shape index (κ1) is 10.1. The van der Waals surface area contributed by atoms with Gasteiger partial charge in [-0.1, -0.05) is 30.3 Å². The Morgan fingerprint density at radius 2 is 1.94 bits per heavy atom. The number of carbonyl (C=O) groups is 1. The highest BCUT2D eigenvalue weighted by Crippen LogP contribution is 2.26. The maximum absolute atomic E-state index is 11.0. The van der Waals surface area contributed by atoms with Crippen LogP contribution < -0.4 is 0 Å². The Bertz CT molecular complexity index is 577. The van der Waals surface area contributed by atoms with Gasteiger partial charge in [-0.25, -0.2) is 0 Å². The van der Waals surface area contributed by atoms with Crippen LogP contribution in [0.2, 0.25) is 0 Å². The highest BCUT2D eigenvalue weighted by molar-refractivity contribution is 6.02. The van der Waals surface area contributed by atoms with Crippen molar-refractivity contribution in [2.45, 2.75) is 0 Å². The van der Waals surface area contributed by atoms with Crippen LogP contribution in [0.3, 0.4) is 0 Å². The highest BCUT2D eigenvalue weighted by atomic mass is 16.1. The number of hydrogen-bond acceptors (Lipinski definition) is 3. The van der Waals surface area contributed by atoms with Gasteiger partial charge in [0, 0.05) is 5.56 Å². The molecule has 0 unspecified atom stereocenters. The third-order valence-corrected chi connectivity index (χ3v) is 2.26. The van der Waals surface area contributed by atoms with E-state index in [1.165, 1.54) is 0 Å². The maximum Gasteiger partial charge on any atom is 0.152 e. The van der Waals surface area contributed by atoms with Crippen LogP contribution in [0.1, 0.15) is 10.4 Å². The lowest BCUT2D eigenvalue weighted by Crippen LogP contribution is -1.84. The number of rotatable bonds is 3. The maximum atomic E-state index is 11.0.